The smallest absolute Gasteiger partial charge is 0.207 e. The highest BCUT2D eigenvalue weighted by atomic mass is 32.2. The lowest BCUT2D eigenvalue weighted by molar-refractivity contribution is 0.346. The quantitative estimate of drug-likeness (QED) is 0.851. The van der Waals surface area contributed by atoms with Crippen molar-refractivity contribution in [1.82, 2.24) is 4.31 Å². The van der Waals surface area contributed by atoms with Gasteiger partial charge >= 0.3 is 0 Å². The normalized spacial score (nSPS) is 19.8. The zero-order valence-electron chi connectivity index (χ0n) is 11.1. The zero-order chi connectivity index (χ0) is 13.9. The van der Waals surface area contributed by atoms with E-state index in [2.05, 4.69) is 6.58 Å². The molecule has 0 atom stereocenters. The summed E-state index contributed by atoms with van der Waals surface area (Å²) in [7, 11) is -3.34. The number of allylic oxidation sites excluding steroid dienone is 1. The molecule has 0 aliphatic carbocycles. The molecule has 0 aromatic carbocycles. The van der Waals surface area contributed by atoms with Crippen LogP contribution in [0.15, 0.2) is 22.9 Å². The van der Waals surface area contributed by atoms with E-state index in [9.17, 15) is 8.42 Å². The minimum absolute atomic E-state index is 0.440. The maximum Gasteiger partial charge on any atom is 0.244 e. The largest absolute Gasteiger partial charge is 0.244 e. The third kappa shape index (κ3) is 2.83. The van der Waals surface area contributed by atoms with E-state index in [0.717, 1.165) is 29.0 Å². The molecule has 104 valence electrons. The van der Waals surface area contributed by atoms with Gasteiger partial charge in [0.1, 0.15) is 4.90 Å². The maximum absolute atomic E-state index is 12.7. The first-order valence-corrected chi connectivity index (χ1v) is 8.80. The van der Waals surface area contributed by atoms with Gasteiger partial charge in [0.2, 0.25) is 10.0 Å². The van der Waals surface area contributed by atoms with Gasteiger partial charge in [-0.15, -0.1) is 11.3 Å². The van der Waals surface area contributed by atoms with Crippen LogP contribution in [-0.4, -0.2) is 25.8 Å². The molecule has 1 aliphatic heterocycles. The van der Waals surface area contributed by atoms with Gasteiger partial charge in [0, 0.05) is 28.2 Å². The van der Waals surface area contributed by atoms with Crippen molar-refractivity contribution in [3.05, 3.63) is 27.8 Å². The first-order valence-electron chi connectivity index (χ1n) is 6.48. The molecule has 0 N–H and O–H groups in total. The number of rotatable bonds is 3. The summed E-state index contributed by atoms with van der Waals surface area (Å²) in [4.78, 5) is 0.440. The van der Waals surface area contributed by atoms with Crippen LogP contribution < -0.4 is 9.75 Å². The van der Waals surface area contributed by atoms with Gasteiger partial charge in [-0.25, -0.2) is 8.42 Å². The minimum Gasteiger partial charge on any atom is -0.207 e. The Balaban J connectivity index is 2.52. The highest BCUT2D eigenvalue weighted by Gasteiger charge is 2.27. The van der Waals surface area contributed by atoms with Gasteiger partial charge < -0.3 is 0 Å². The Morgan fingerprint density at radius 3 is 2.58 bits per heavy atom. The average Bonchev–Trinajstić information content (AvgIpc) is 2.84. The third-order valence-corrected chi connectivity index (χ3v) is 6.37. The van der Waals surface area contributed by atoms with Crippen LogP contribution in [-0.2, 0) is 10.0 Å². The number of sulfonamides is 1. The molecule has 0 unspecified atom stereocenters. The van der Waals surface area contributed by atoms with Crippen LogP contribution in [0.25, 0.3) is 12.2 Å². The predicted octanol–water partition coefficient (Wildman–Crippen LogP) is 1.69. The van der Waals surface area contributed by atoms with Gasteiger partial charge in [-0.05, 0) is 25.8 Å². The van der Waals surface area contributed by atoms with E-state index < -0.39 is 10.0 Å². The van der Waals surface area contributed by atoms with E-state index in [-0.39, 0.29) is 0 Å². The van der Waals surface area contributed by atoms with E-state index in [1.54, 1.807) is 15.8 Å². The molecule has 1 aromatic rings. The molecule has 0 spiro atoms. The second kappa shape index (κ2) is 6.03. The van der Waals surface area contributed by atoms with Crippen LogP contribution in [0.2, 0.25) is 0 Å². The average molecular weight is 297 g/mol. The van der Waals surface area contributed by atoms with Gasteiger partial charge in [0.15, 0.2) is 0 Å². The van der Waals surface area contributed by atoms with E-state index in [1.807, 2.05) is 19.1 Å². The maximum atomic E-state index is 12.7. The van der Waals surface area contributed by atoms with Gasteiger partial charge in [0.25, 0.3) is 0 Å². The van der Waals surface area contributed by atoms with Gasteiger partial charge in [0.05, 0.1) is 0 Å². The molecule has 1 saturated heterocycles. The van der Waals surface area contributed by atoms with Crippen LogP contribution >= 0.6 is 11.3 Å². The Kier molecular flexibility index (Phi) is 4.60. The van der Waals surface area contributed by atoms with Crippen LogP contribution in [0.4, 0.5) is 0 Å². The van der Waals surface area contributed by atoms with Crippen molar-refractivity contribution < 1.29 is 8.42 Å². The molecule has 0 amide bonds. The minimum atomic E-state index is -3.34. The molecular formula is C14H19NO2S2. The molecule has 1 fully saturated rings. The van der Waals surface area contributed by atoms with Crippen LogP contribution in [0.1, 0.15) is 26.2 Å². The summed E-state index contributed by atoms with van der Waals surface area (Å²) in [6.07, 6.45) is 8.45. The summed E-state index contributed by atoms with van der Waals surface area (Å²) in [5.41, 5.74) is 0. The summed E-state index contributed by atoms with van der Waals surface area (Å²) in [6, 6.07) is 0. The molecule has 1 aliphatic rings. The van der Waals surface area contributed by atoms with Gasteiger partial charge in [-0.1, -0.05) is 25.2 Å². The SMILES string of the molecule is C=C/C=c1/scc(S(=O)(=O)N2CCCCC2)/c1=C/C. The molecule has 3 nitrogen and oxygen atoms in total. The van der Waals surface area contributed by atoms with Crippen molar-refractivity contribution in [1.29, 1.82) is 0 Å². The number of piperidine rings is 1. The Hall–Kier alpha value is -0.910. The standard InChI is InChI=1S/C14H19NO2S2/c1-3-8-13-12(4-2)14(11-18-13)19(16,17)15-9-6-5-7-10-15/h3-4,8,11H,1,5-7,9-10H2,2H3/b12-4+,13-8+. The molecule has 5 heteroatoms. The summed E-state index contributed by atoms with van der Waals surface area (Å²) in [6.45, 7) is 6.82. The fourth-order valence-corrected chi connectivity index (χ4v) is 5.44. The molecule has 0 radical (unpaired) electrons. The van der Waals surface area contributed by atoms with Crippen LogP contribution in [0.5, 0.6) is 0 Å². The Morgan fingerprint density at radius 1 is 1.32 bits per heavy atom. The van der Waals surface area contributed by atoms with Gasteiger partial charge in [-0.2, -0.15) is 4.31 Å². The molecule has 1 aromatic heterocycles. The van der Waals surface area contributed by atoms with E-state index >= 15 is 0 Å². The third-order valence-electron chi connectivity index (χ3n) is 3.31. The van der Waals surface area contributed by atoms with E-state index in [1.165, 1.54) is 11.3 Å². The lowest BCUT2D eigenvalue weighted by Crippen LogP contribution is -2.38. The Bertz CT molecular complexity index is 665. The number of thiophene rings is 1. The van der Waals surface area contributed by atoms with Crippen molar-refractivity contribution in [3.63, 3.8) is 0 Å². The Morgan fingerprint density at radius 2 is 2.00 bits per heavy atom. The topological polar surface area (TPSA) is 37.4 Å². The summed E-state index contributed by atoms with van der Waals surface area (Å²) >= 11 is 1.45. The van der Waals surface area contributed by atoms with Gasteiger partial charge in [-0.3, -0.25) is 0 Å². The first kappa shape index (κ1) is 14.5. The summed E-state index contributed by atoms with van der Waals surface area (Å²) in [5.74, 6) is 0. The highest BCUT2D eigenvalue weighted by Crippen LogP contribution is 2.18. The first-order chi connectivity index (χ1) is 9.11. The zero-order valence-corrected chi connectivity index (χ0v) is 12.8. The second-order valence-corrected chi connectivity index (χ2v) is 7.35. The molecular weight excluding hydrogens is 278 g/mol. The molecule has 2 heterocycles. The van der Waals surface area contributed by atoms with Crippen molar-refractivity contribution in [2.45, 2.75) is 31.1 Å². The highest BCUT2D eigenvalue weighted by molar-refractivity contribution is 7.89. The fraction of sp³-hybridized carbons (Fsp3) is 0.429. The van der Waals surface area contributed by atoms with Crippen molar-refractivity contribution >= 4 is 33.5 Å². The van der Waals surface area contributed by atoms with Crippen molar-refractivity contribution in [2.75, 3.05) is 13.1 Å². The lowest BCUT2D eigenvalue weighted by Gasteiger charge is -2.25. The van der Waals surface area contributed by atoms with Crippen LogP contribution in [0, 0.1) is 0 Å². The number of hydrogen-bond acceptors (Lipinski definition) is 3. The monoisotopic (exact) mass is 297 g/mol. The van der Waals surface area contributed by atoms with E-state index in [0.29, 0.717) is 18.0 Å². The molecule has 0 bridgehead atoms. The Labute approximate surface area is 118 Å². The molecule has 2 rings (SSSR count). The number of nitrogens with zero attached hydrogens (tertiary/aromatic N) is 1. The lowest BCUT2D eigenvalue weighted by atomic mass is 10.2. The predicted molar refractivity (Wildman–Crippen MR) is 81.0 cm³/mol. The van der Waals surface area contributed by atoms with Crippen molar-refractivity contribution in [3.8, 4) is 0 Å². The second-order valence-electron chi connectivity index (χ2n) is 4.53. The molecule has 19 heavy (non-hydrogen) atoms. The number of hydrogen-bond donors (Lipinski definition) is 0. The van der Waals surface area contributed by atoms with Crippen LogP contribution in [0.3, 0.4) is 0 Å². The fourth-order valence-electron chi connectivity index (χ4n) is 2.33. The molecule has 0 saturated carbocycles. The summed E-state index contributed by atoms with van der Waals surface area (Å²) in [5, 5.41) is 2.55. The summed E-state index contributed by atoms with van der Waals surface area (Å²) < 4.78 is 27.9. The van der Waals surface area contributed by atoms with E-state index in [4.69, 9.17) is 0 Å². The van der Waals surface area contributed by atoms with Crippen molar-refractivity contribution in [2.24, 2.45) is 0 Å².